The Morgan fingerprint density at radius 1 is 1.11 bits per heavy atom. The summed E-state index contributed by atoms with van der Waals surface area (Å²) in [4.78, 5) is 11.8. The minimum absolute atomic E-state index is 0.158. The third-order valence-corrected chi connectivity index (χ3v) is 4.81. The van der Waals surface area contributed by atoms with Gasteiger partial charge in [-0.05, 0) is 25.7 Å². The Balaban J connectivity index is 1.85. The van der Waals surface area contributed by atoms with Gasteiger partial charge in [0, 0.05) is 25.8 Å². The SMILES string of the molecule is NC(=O)C1(CNC2CCCCCCC2)CCOCC1. The van der Waals surface area contributed by atoms with Gasteiger partial charge < -0.3 is 15.8 Å². The molecule has 1 amide bonds. The molecule has 1 aliphatic carbocycles. The molecule has 0 radical (unpaired) electrons. The van der Waals surface area contributed by atoms with Crippen molar-refractivity contribution in [1.29, 1.82) is 0 Å². The number of hydrogen-bond acceptors (Lipinski definition) is 3. The highest BCUT2D eigenvalue weighted by Crippen LogP contribution is 2.30. The maximum absolute atomic E-state index is 11.8. The molecule has 1 aliphatic heterocycles. The summed E-state index contributed by atoms with van der Waals surface area (Å²) in [5.74, 6) is -0.158. The lowest BCUT2D eigenvalue weighted by atomic mass is 9.79. The topological polar surface area (TPSA) is 64.4 Å². The van der Waals surface area contributed by atoms with E-state index in [4.69, 9.17) is 10.5 Å². The highest BCUT2D eigenvalue weighted by Gasteiger charge is 2.38. The average molecular weight is 268 g/mol. The van der Waals surface area contributed by atoms with Crippen LogP contribution in [0.4, 0.5) is 0 Å². The van der Waals surface area contributed by atoms with Crippen molar-refractivity contribution in [3.8, 4) is 0 Å². The van der Waals surface area contributed by atoms with E-state index in [9.17, 15) is 4.79 Å². The van der Waals surface area contributed by atoms with Crippen LogP contribution in [0.25, 0.3) is 0 Å². The fourth-order valence-electron chi connectivity index (χ4n) is 3.27. The van der Waals surface area contributed by atoms with Crippen LogP contribution in [0.5, 0.6) is 0 Å². The number of nitrogens with two attached hydrogens (primary N) is 1. The van der Waals surface area contributed by atoms with E-state index in [1.807, 2.05) is 0 Å². The zero-order chi connectivity index (χ0) is 13.6. The van der Waals surface area contributed by atoms with Gasteiger partial charge in [-0.1, -0.05) is 32.1 Å². The Morgan fingerprint density at radius 2 is 1.68 bits per heavy atom. The van der Waals surface area contributed by atoms with Gasteiger partial charge in [-0.3, -0.25) is 4.79 Å². The second-order valence-corrected chi connectivity index (χ2v) is 6.18. The molecular formula is C15H28N2O2. The molecule has 4 nitrogen and oxygen atoms in total. The summed E-state index contributed by atoms with van der Waals surface area (Å²) in [7, 11) is 0. The predicted molar refractivity (Wildman–Crippen MR) is 75.8 cm³/mol. The third kappa shape index (κ3) is 4.18. The summed E-state index contributed by atoms with van der Waals surface area (Å²) >= 11 is 0. The van der Waals surface area contributed by atoms with Crippen LogP contribution in [0.3, 0.4) is 0 Å². The molecule has 2 fully saturated rings. The number of hydrogen-bond donors (Lipinski definition) is 2. The number of nitrogens with one attached hydrogen (secondary N) is 1. The normalized spacial score (nSPS) is 25.5. The van der Waals surface area contributed by atoms with Gasteiger partial charge in [0.2, 0.25) is 5.91 Å². The molecule has 1 saturated carbocycles. The van der Waals surface area contributed by atoms with Crippen LogP contribution in [0.1, 0.15) is 57.8 Å². The second kappa shape index (κ2) is 7.25. The number of primary amides is 1. The minimum Gasteiger partial charge on any atom is -0.381 e. The lowest BCUT2D eigenvalue weighted by Gasteiger charge is -2.36. The number of rotatable bonds is 4. The lowest BCUT2D eigenvalue weighted by Crippen LogP contribution is -2.50. The van der Waals surface area contributed by atoms with E-state index in [0.29, 0.717) is 19.3 Å². The van der Waals surface area contributed by atoms with Crippen molar-refractivity contribution in [2.45, 2.75) is 63.8 Å². The van der Waals surface area contributed by atoms with Crippen molar-refractivity contribution in [2.75, 3.05) is 19.8 Å². The number of ether oxygens (including phenoxy) is 1. The summed E-state index contributed by atoms with van der Waals surface area (Å²) in [6.45, 7) is 2.06. The molecular weight excluding hydrogens is 240 g/mol. The number of carbonyl (C=O) groups is 1. The molecule has 0 aromatic carbocycles. The highest BCUT2D eigenvalue weighted by molar-refractivity contribution is 5.81. The Morgan fingerprint density at radius 3 is 2.26 bits per heavy atom. The molecule has 0 aromatic rings. The van der Waals surface area contributed by atoms with Crippen molar-refractivity contribution in [1.82, 2.24) is 5.32 Å². The van der Waals surface area contributed by atoms with E-state index in [1.54, 1.807) is 0 Å². The summed E-state index contributed by atoms with van der Waals surface area (Å²) in [6, 6.07) is 0.569. The maximum atomic E-state index is 11.8. The van der Waals surface area contributed by atoms with E-state index in [0.717, 1.165) is 19.4 Å². The van der Waals surface area contributed by atoms with E-state index in [-0.39, 0.29) is 11.3 Å². The monoisotopic (exact) mass is 268 g/mol. The number of carbonyl (C=O) groups excluding carboxylic acids is 1. The first kappa shape index (κ1) is 14.8. The average Bonchev–Trinajstić information content (AvgIpc) is 2.38. The quantitative estimate of drug-likeness (QED) is 0.819. The van der Waals surface area contributed by atoms with Crippen LogP contribution < -0.4 is 11.1 Å². The Bertz CT molecular complexity index is 280. The molecule has 1 saturated heterocycles. The molecule has 1 heterocycles. The summed E-state index contributed by atoms with van der Waals surface area (Å²) < 4.78 is 5.37. The van der Waals surface area contributed by atoms with Gasteiger partial charge in [-0.2, -0.15) is 0 Å². The van der Waals surface area contributed by atoms with Gasteiger partial charge in [0.05, 0.1) is 5.41 Å². The predicted octanol–water partition coefficient (Wildman–Crippen LogP) is 1.97. The van der Waals surface area contributed by atoms with Crippen molar-refractivity contribution < 1.29 is 9.53 Å². The summed E-state index contributed by atoms with van der Waals surface area (Å²) in [5.41, 5.74) is 5.26. The smallest absolute Gasteiger partial charge is 0.225 e. The molecule has 0 spiro atoms. The van der Waals surface area contributed by atoms with Gasteiger partial charge in [-0.15, -0.1) is 0 Å². The maximum Gasteiger partial charge on any atom is 0.225 e. The third-order valence-electron chi connectivity index (χ3n) is 4.81. The molecule has 110 valence electrons. The van der Waals surface area contributed by atoms with Crippen LogP contribution in [-0.2, 0) is 9.53 Å². The first-order valence-electron chi connectivity index (χ1n) is 7.84. The Kier molecular flexibility index (Phi) is 5.64. The molecule has 0 atom stereocenters. The fourth-order valence-corrected chi connectivity index (χ4v) is 3.27. The molecule has 0 unspecified atom stereocenters. The second-order valence-electron chi connectivity index (χ2n) is 6.18. The van der Waals surface area contributed by atoms with Gasteiger partial charge in [0.1, 0.15) is 0 Å². The molecule has 2 rings (SSSR count). The number of amides is 1. The first-order valence-corrected chi connectivity index (χ1v) is 7.84. The van der Waals surface area contributed by atoms with Crippen LogP contribution in [0, 0.1) is 5.41 Å². The standard InChI is InChI=1S/C15H28N2O2/c16-14(18)15(8-10-19-11-9-15)12-17-13-6-4-2-1-3-5-7-13/h13,17H,1-12H2,(H2,16,18). The van der Waals surface area contributed by atoms with Crippen molar-refractivity contribution >= 4 is 5.91 Å². The Hall–Kier alpha value is -0.610. The highest BCUT2D eigenvalue weighted by atomic mass is 16.5. The van der Waals surface area contributed by atoms with E-state index < -0.39 is 0 Å². The molecule has 0 aromatic heterocycles. The van der Waals surface area contributed by atoms with Gasteiger partial charge in [0.15, 0.2) is 0 Å². The summed E-state index contributed by atoms with van der Waals surface area (Å²) in [6.07, 6.45) is 10.7. The molecule has 3 N–H and O–H groups in total. The van der Waals surface area contributed by atoms with Crippen LogP contribution in [0.2, 0.25) is 0 Å². The fraction of sp³-hybridized carbons (Fsp3) is 0.933. The molecule has 19 heavy (non-hydrogen) atoms. The lowest BCUT2D eigenvalue weighted by molar-refractivity contribution is -0.133. The Labute approximate surface area is 116 Å². The van der Waals surface area contributed by atoms with Crippen LogP contribution >= 0.6 is 0 Å². The zero-order valence-electron chi connectivity index (χ0n) is 12.0. The van der Waals surface area contributed by atoms with Gasteiger partial charge in [0.25, 0.3) is 0 Å². The zero-order valence-corrected chi connectivity index (χ0v) is 12.0. The van der Waals surface area contributed by atoms with Gasteiger partial charge >= 0.3 is 0 Å². The van der Waals surface area contributed by atoms with E-state index in [1.165, 1.54) is 44.9 Å². The first-order chi connectivity index (χ1) is 9.23. The summed E-state index contributed by atoms with van der Waals surface area (Å²) in [5, 5.41) is 3.62. The molecule has 4 heteroatoms. The molecule has 0 bridgehead atoms. The van der Waals surface area contributed by atoms with Crippen LogP contribution in [-0.4, -0.2) is 31.7 Å². The largest absolute Gasteiger partial charge is 0.381 e. The molecule has 2 aliphatic rings. The van der Waals surface area contributed by atoms with Crippen molar-refractivity contribution in [3.05, 3.63) is 0 Å². The van der Waals surface area contributed by atoms with Gasteiger partial charge in [-0.25, -0.2) is 0 Å². The van der Waals surface area contributed by atoms with Crippen LogP contribution in [0.15, 0.2) is 0 Å². The van der Waals surface area contributed by atoms with Crippen molar-refractivity contribution in [3.63, 3.8) is 0 Å². The van der Waals surface area contributed by atoms with E-state index >= 15 is 0 Å². The minimum atomic E-state index is -0.374. The van der Waals surface area contributed by atoms with E-state index in [2.05, 4.69) is 5.32 Å². The van der Waals surface area contributed by atoms with Crippen molar-refractivity contribution in [2.24, 2.45) is 11.1 Å².